The Hall–Kier alpha value is -4.81. The van der Waals surface area contributed by atoms with Crippen molar-refractivity contribution in [2.45, 2.75) is 313 Å². The smallest absolute Gasteiger partial charge is 0.344 e. The van der Waals surface area contributed by atoms with Crippen LogP contribution in [-0.2, 0) is 85.8 Å². The fourth-order valence-corrected chi connectivity index (χ4v) is 15.5. The Morgan fingerprint density at radius 2 is 1.05 bits per heavy atom. The summed E-state index contributed by atoms with van der Waals surface area (Å²) < 4.78 is 48.1. The molecule has 2 aliphatic heterocycles. The molecule has 91 heavy (non-hydrogen) atoms. The van der Waals surface area contributed by atoms with E-state index in [1.54, 1.807) is 13.8 Å². The van der Waals surface area contributed by atoms with Gasteiger partial charge in [-0.25, -0.2) is 4.79 Å². The van der Waals surface area contributed by atoms with Crippen LogP contribution in [0, 0.1) is 68.0 Å². The third-order valence-electron chi connectivity index (χ3n) is 23.5. The van der Waals surface area contributed by atoms with Gasteiger partial charge < -0.3 is 47.7 Å². The molecule has 2 heterocycles. The van der Waals surface area contributed by atoms with E-state index in [1.807, 2.05) is 83.1 Å². The number of hydrogen-bond donors (Lipinski definition) is 1. The standard InChI is InChI=1S/C18H24O8.C16H26O3.C16H28O2.C12H22O2.C10H16O4/c1-5-18(2,3)17(22)24-7-10(19)25-13-8-6-9-12(11(8)15(20)23-4)16(21)26-14(9)13;1-4-14(2,3)13(17)19-16-8-11-5-12(9-16)7-15(18,6-11)10-16;1-5-14(2,3)13(17)18-15(4)9-8-12-16(15)10-6-7-11-16;1-5-11(2,3)10(13)14-12(4)8-6-7-9-12;1-4-10(2,3)9(12)14-7-5-8(11)13-6-7/h8-9,11-14H,5-7H2,1-4H3;11-12,18H,4-10H2,1-3H3;5-12H2,1-4H3;5-9H2,1-4H3;7H,4-6H2,1-3H3. The Morgan fingerprint density at radius 1 is 0.571 bits per heavy atom. The van der Waals surface area contributed by atoms with Crippen molar-refractivity contribution in [3.63, 3.8) is 0 Å². The number of fused-ring (bicyclic) bond motifs is 1. The molecule has 0 aromatic heterocycles. The minimum Gasteiger partial charge on any atom is -0.469 e. The van der Waals surface area contributed by atoms with Crippen molar-refractivity contribution in [1.82, 2.24) is 0 Å². The maximum atomic E-state index is 12.4. The van der Waals surface area contributed by atoms with Gasteiger partial charge in [0.25, 0.3) is 0 Å². The Morgan fingerprint density at radius 3 is 1.55 bits per heavy atom. The average molecular weight is 1290 g/mol. The molecule has 19 nitrogen and oxygen atoms in total. The molecular weight excluding hydrogens is 1170 g/mol. The van der Waals surface area contributed by atoms with Crippen LogP contribution in [0.5, 0.6) is 0 Å². The molecular formula is C72H116O19. The number of aliphatic hydroxyl groups is 1. The summed E-state index contributed by atoms with van der Waals surface area (Å²) in [5, 5.41) is 10.6. The molecule has 9 saturated carbocycles. The van der Waals surface area contributed by atoms with Gasteiger partial charge in [0, 0.05) is 23.7 Å². The molecule has 1 N–H and O–H groups in total. The Kier molecular flexibility index (Phi) is 24.0. The zero-order valence-corrected chi connectivity index (χ0v) is 58.9. The molecule has 10 atom stereocenters. The maximum Gasteiger partial charge on any atom is 0.344 e. The van der Waals surface area contributed by atoms with E-state index in [4.69, 9.17) is 42.6 Å². The summed E-state index contributed by atoms with van der Waals surface area (Å²) in [6, 6.07) is 0. The normalized spacial score (nSPS) is 31.8. The van der Waals surface area contributed by atoms with Crippen LogP contribution < -0.4 is 0 Å². The van der Waals surface area contributed by atoms with E-state index >= 15 is 0 Å². The average Bonchev–Trinajstić information content (AvgIpc) is 1.64. The van der Waals surface area contributed by atoms with Gasteiger partial charge in [0.15, 0.2) is 6.61 Å². The van der Waals surface area contributed by atoms with Crippen LogP contribution in [0.2, 0.25) is 0 Å². The molecule has 9 aliphatic carbocycles. The predicted octanol–water partition coefficient (Wildman–Crippen LogP) is 13.0. The van der Waals surface area contributed by atoms with Gasteiger partial charge >= 0.3 is 53.7 Å². The quantitative estimate of drug-likeness (QED) is 0.0988. The van der Waals surface area contributed by atoms with Gasteiger partial charge in [-0.2, -0.15) is 0 Å². The number of esters is 9. The largest absolute Gasteiger partial charge is 0.469 e. The van der Waals surface area contributed by atoms with Gasteiger partial charge in [0.1, 0.15) is 41.7 Å². The van der Waals surface area contributed by atoms with Crippen molar-refractivity contribution in [2.75, 3.05) is 20.3 Å². The first-order chi connectivity index (χ1) is 42.2. The minimum atomic E-state index is -0.717. The van der Waals surface area contributed by atoms with E-state index in [2.05, 4.69) is 20.8 Å². The van der Waals surface area contributed by atoms with Gasteiger partial charge in [-0.05, 0) is 223 Å². The SMILES string of the molecule is CCC(C)(C)C(=O)OC1(C)CCCC1.CCC(C)(C)C(=O)OC1(C)CCCC12CCCC2.CCC(C)(C)C(=O)OC12CC3CC(CC(O)(C3)C1)C2.CCC(C)(C)C(=O)OC1COC(=O)C1.CCC(C)(C)C(=O)OCC(=O)OC1C2CC3C1OC(=O)C3C2C(=O)OC. The highest BCUT2D eigenvalue weighted by Gasteiger charge is 2.70. The number of cyclic esters (lactones) is 1. The second-order valence-electron chi connectivity index (χ2n) is 32.4. The van der Waals surface area contributed by atoms with E-state index in [9.17, 15) is 48.3 Å². The van der Waals surface area contributed by atoms with Gasteiger partial charge in [-0.3, -0.25) is 38.4 Å². The first kappa shape index (κ1) is 75.2. The van der Waals surface area contributed by atoms with E-state index in [0.717, 1.165) is 64.2 Å². The first-order valence-corrected chi connectivity index (χ1v) is 34.6. The molecule has 11 rings (SSSR count). The van der Waals surface area contributed by atoms with Crippen LogP contribution in [0.15, 0.2) is 0 Å². The number of carbonyl (C=O) groups is 9. The highest BCUT2D eigenvalue weighted by atomic mass is 16.6. The fourth-order valence-electron chi connectivity index (χ4n) is 15.5. The second kappa shape index (κ2) is 29.0. The van der Waals surface area contributed by atoms with Crippen LogP contribution in [0.4, 0.5) is 0 Å². The minimum absolute atomic E-state index is 0.000625. The van der Waals surface area contributed by atoms with Crippen LogP contribution in [0.25, 0.3) is 0 Å². The summed E-state index contributed by atoms with van der Waals surface area (Å²) in [4.78, 5) is 107. The third kappa shape index (κ3) is 17.4. The van der Waals surface area contributed by atoms with Crippen molar-refractivity contribution >= 4 is 53.7 Å². The van der Waals surface area contributed by atoms with Crippen molar-refractivity contribution in [3.8, 4) is 0 Å². The van der Waals surface area contributed by atoms with E-state index in [-0.39, 0.29) is 88.4 Å². The molecule has 1 spiro atoms. The summed E-state index contributed by atoms with van der Waals surface area (Å²) in [6.07, 6.45) is 21.6. The number of methoxy groups -OCH3 is 1. The topological polar surface area (TPSA) is 257 Å². The van der Waals surface area contributed by atoms with Gasteiger partial charge in [-0.15, -0.1) is 0 Å². The van der Waals surface area contributed by atoms with Gasteiger partial charge in [-0.1, -0.05) is 47.5 Å². The molecule has 11 fully saturated rings. The van der Waals surface area contributed by atoms with E-state index in [0.29, 0.717) is 42.9 Å². The summed E-state index contributed by atoms with van der Waals surface area (Å²) >= 11 is 0. The fraction of sp³-hybridized carbons (Fsp3) is 0.875. The monoisotopic (exact) mass is 1280 g/mol. The number of carbonyl (C=O) groups excluding carboxylic acids is 9. The Balaban J connectivity index is 0.000000185. The lowest BCUT2D eigenvalue weighted by atomic mass is 9.52. The van der Waals surface area contributed by atoms with Crippen LogP contribution in [-0.4, -0.2) is 120 Å². The summed E-state index contributed by atoms with van der Waals surface area (Å²) in [5.74, 6) is -3.32. The van der Waals surface area contributed by atoms with Crippen LogP contribution in [0.3, 0.4) is 0 Å². The third-order valence-corrected chi connectivity index (χ3v) is 23.5. The predicted molar refractivity (Wildman–Crippen MR) is 338 cm³/mol. The molecule has 2 saturated heterocycles. The summed E-state index contributed by atoms with van der Waals surface area (Å²) in [7, 11) is 1.27. The second-order valence-corrected chi connectivity index (χ2v) is 32.4. The number of ether oxygens (including phenoxy) is 9. The van der Waals surface area contributed by atoms with Crippen LogP contribution >= 0.6 is 0 Å². The molecule has 518 valence electrons. The molecule has 0 amide bonds. The lowest BCUT2D eigenvalue weighted by Gasteiger charge is -2.59. The highest BCUT2D eigenvalue weighted by molar-refractivity contribution is 5.86. The highest BCUT2D eigenvalue weighted by Crippen LogP contribution is 2.61. The molecule has 0 aromatic rings. The lowest BCUT2D eigenvalue weighted by molar-refractivity contribution is -0.225. The molecule has 6 bridgehead atoms. The lowest BCUT2D eigenvalue weighted by Crippen LogP contribution is -2.61. The zero-order valence-electron chi connectivity index (χ0n) is 58.9. The van der Waals surface area contributed by atoms with Gasteiger partial charge in [0.05, 0.1) is 58.0 Å². The summed E-state index contributed by atoms with van der Waals surface area (Å²) in [5.41, 5.74) is -3.24. The molecule has 0 radical (unpaired) electrons. The molecule has 11 aliphatic rings. The molecule has 0 aromatic carbocycles. The van der Waals surface area contributed by atoms with Crippen molar-refractivity contribution in [2.24, 2.45) is 68.0 Å². The van der Waals surface area contributed by atoms with E-state index in [1.165, 1.54) is 64.9 Å². The zero-order chi connectivity index (χ0) is 68.1. The molecule has 10 unspecified atom stereocenters. The van der Waals surface area contributed by atoms with Gasteiger partial charge in [0.2, 0.25) is 0 Å². The Bertz CT molecular complexity index is 2600. The van der Waals surface area contributed by atoms with Crippen molar-refractivity contribution in [1.29, 1.82) is 0 Å². The summed E-state index contributed by atoms with van der Waals surface area (Å²) in [6.45, 7) is 32.7. The first-order valence-electron chi connectivity index (χ1n) is 34.6. The van der Waals surface area contributed by atoms with Crippen LogP contribution in [0.1, 0.15) is 272 Å². The van der Waals surface area contributed by atoms with E-state index < -0.39 is 76.4 Å². The maximum absolute atomic E-state index is 12.4. The number of rotatable bonds is 18. The van der Waals surface area contributed by atoms with Crippen molar-refractivity contribution < 1.29 is 90.9 Å². The molecule has 19 heteroatoms. The van der Waals surface area contributed by atoms with Crippen molar-refractivity contribution in [3.05, 3.63) is 0 Å². The number of hydrogen-bond acceptors (Lipinski definition) is 19. The Labute approximate surface area is 543 Å².